The first-order valence-electron chi connectivity index (χ1n) is 9.91. The summed E-state index contributed by atoms with van der Waals surface area (Å²) in [6.45, 7) is 0.460. The molecule has 3 amide bonds. The van der Waals surface area contributed by atoms with Crippen molar-refractivity contribution in [3.8, 4) is 0 Å². The van der Waals surface area contributed by atoms with E-state index in [2.05, 4.69) is 16.1 Å². The SMILES string of the molecule is O=C(CNC(=O)NC1CCCCC1)NN(Cc1ccccc1)c1ccccc1. The first-order chi connectivity index (χ1) is 13.7. The number of hydrazine groups is 1. The second-order valence-corrected chi connectivity index (χ2v) is 7.10. The third-order valence-electron chi connectivity index (χ3n) is 4.86. The number of nitrogens with zero attached hydrogens (tertiary/aromatic N) is 1. The van der Waals surface area contributed by atoms with Gasteiger partial charge in [-0.05, 0) is 30.5 Å². The van der Waals surface area contributed by atoms with E-state index in [0.717, 1.165) is 36.9 Å². The van der Waals surface area contributed by atoms with Crippen LogP contribution in [0.2, 0.25) is 0 Å². The highest BCUT2D eigenvalue weighted by atomic mass is 16.2. The molecule has 0 heterocycles. The summed E-state index contributed by atoms with van der Waals surface area (Å²) >= 11 is 0. The van der Waals surface area contributed by atoms with E-state index in [1.165, 1.54) is 6.42 Å². The molecule has 28 heavy (non-hydrogen) atoms. The molecule has 0 aromatic heterocycles. The van der Waals surface area contributed by atoms with Crippen LogP contribution in [0.3, 0.4) is 0 Å². The molecular formula is C22H28N4O2. The Bertz CT molecular complexity index is 746. The zero-order chi connectivity index (χ0) is 19.6. The van der Waals surface area contributed by atoms with Gasteiger partial charge in [-0.3, -0.25) is 15.2 Å². The topological polar surface area (TPSA) is 73.5 Å². The van der Waals surface area contributed by atoms with E-state index in [-0.39, 0.29) is 24.5 Å². The highest BCUT2D eigenvalue weighted by Crippen LogP contribution is 2.17. The number of amides is 3. The van der Waals surface area contributed by atoms with Crippen LogP contribution in [-0.4, -0.2) is 24.5 Å². The molecule has 148 valence electrons. The highest BCUT2D eigenvalue weighted by Gasteiger charge is 2.16. The quantitative estimate of drug-likeness (QED) is 0.645. The number of hydrogen-bond acceptors (Lipinski definition) is 3. The smallest absolute Gasteiger partial charge is 0.315 e. The zero-order valence-electron chi connectivity index (χ0n) is 16.1. The fraction of sp³-hybridized carbons (Fsp3) is 0.364. The Morgan fingerprint density at radius 1 is 0.893 bits per heavy atom. The van der Waals surface area contributed by atoms with Gasteiger partial charge in [0.2, 0.25) is 0 Å². The molecule has 0 radical (unpaired) electrons. The van der Waals surface area contributed by atoms with Crippen LogP contribution in [0.4, 0.5) is 10.5 Å². The van der Waals surface area contributed by atoms with Gasteiger partial charge < -0.3 is 10.6 Å². The second-order valence-electron chi connectivity index (χ2n) is 7.10. The molecule has 3 N–H and O–H groups in total. The molecule has 6 heteroatoms. The van der Waals surface area contributed by atoms with Gasteiger partial charge in [-0.1, -0.05) is 67.8 Å². The summed E-state index contributed by atoms with van der Waals surface area (Å²) in [7, 11) is 0. The molecule has 0 spiro atoms. The molecule has 2 aromatic rings. The number of para-hydroxylation sites is 1. The maximum absolute atomic E-state index is 12.4. The maximum Gasteiger partial charge on any atom is 0.315 e. The van der Waals surface area contributed by atoms with Crippen molar-refractivity contribution in [3.05, 3.63) is 66.2 Å². The van der Waals surface area contributed by atoms with Crippen LogP contribution in [-0.2, 0) is 11.3 Å². The van der Waals surface area contributed by atoms with Crippen molar-refractivity contribution >= 4 is 17.6 Å². The summed E-state index contributed by atoms with van der Waals surface area (Å²) in [5, 5.41) is 7.41. The number of carbonyl (C=O) groups excluding carboxylic acids is 2. The Morgan fingerprint density at radius 3 is 2.21 bits per heavy atom. The number of urea groups is 1. The minimum absolute atomic E-state index is 0.0727. The standard InChI is InChI=1S/C22H28N4O2/c27-21(16-23-22(28)24-19-12-6-2-7-13-19)25-26(20-14-8-3-9-15-20)17-18-10-4-1-5-11-18/h1,3-5,8-11,14-15,19H,2,6-7,12-13,16-17H2,(H,25,27)(H2,23,24,28). The van der Waals surface area contributed by atoms with Gasteiger partial charge in [-0.15, -0.1) is 0 Å². The van der Waals surface area contributed by atoms with E-state index >= 15 is 0 Å². The molecule has 1 aliphatic rings. The largest absolute Gasteiger partial charge is 0.335 e. The molecular weight excluding hydrogens is 352 g/mol. The van der Waals surface area contributed by atoms with Gasteiger partial charge in [0.1, 0.15) is 6.54 Å². The van der Waals surface area contributed by atoms with Gasteiger partial charge in [0, 0.05) is 6.04 Å². The van der Waals surface area contributed by atoms with Crippen LogP contribution in [0.25, 0.3) is 0 Å². The summed E-state index contributed by atoms with van der Waals surface area (Å²) in [6.07, 6.45) is 5.56. The van der Waals surface area contributed by atoms with Gasteiger partial charge in [0.25, 0.3) is 5.91 Å². The van der Waals surface area contributed by atoms with Crippen LogP contribution < -0.4 is 21.1 Å². The summed E-state index contributed by atoms with van der Waals surface area (Å²) in [5.41, 5.74) is 4.85. The predicted octanol–water partition coefficient (Wildman–Crippen LogP) is 3.36. The lowest BCUT2D eigenvalue weighted by molar-refractivity contribution is -0.120. The van der Waals surface area contributed by atoms with Crippen molar-refractivity contribution in [3.63, 3.8) is 0 Å². The molecule has 0 saturated heterocycles. The Hall–Kier alpha value is -3.02. The number of nitrogens with one attached hydrogen (secondary N) is 3. The second kappa shape index (κ2) is 10.3. The number of anilines is 1. The Balaban J connectivity index is 1.52. The molecule has 1 aliphatic carbocycles. The number of hydrogen-bond donors (Lipinski definition) is 3. The van der Waals surface area contributed by atoms with Crippen molar-refractivity contribution in [1.82, 2.24) is 16.1 Å². The average molecular weight is 380 g/mol. The van der Waals surface area contributed by atoms with Crippen molar-refractivity contribution < 1.29 is 9.59 Å². The summed E-state index contributed by atoms with van der Waals surface area (Å²) in [4.78, 5) is 24.5. The number of rotatable bonds is 7. The molecule has 0 atom stereocenters. The zero-order valence-corrected chi connectivity index (χ0v) is 16.1. The van der Waals surface area contributed by atoms with Crippen LogP contribution in [0, 0.1) is 0 Å². The molecule has 0 aliphatic heterocycles. The predicted molar refractivity (Wildman–Crippen MR) is 111 cm³/mol. The molecule has 3 rings (SSSR count). The van der Waals surface area contributed by atoms with Gasteiger partial charge in [-0.2, -0.15) is 0 Å². The van der Waals surface area contributed by atoms with Crippen LogP contribution in [0.15, 0.2) is 60.7 Å². The fourth-order valence-electron chi connectivity index (χ4n) is 3.40. The van der Waals surface area contributed by atoms with Gasteiger partial charge in [0.05, 0.1) is 12.2 Å². The van der Waals surface area contributed by atoms with Gasteiger partial charge in [-0.25, -0.2) is 4.79 Å². The molecule has 0 bridgehead atoms. The number of benzene rings is 2. The normalized spacial score (nSPS) is 14.1. The first-order valence-corrected chi connectivity index (χ1v) is 9.91. The van der Waals surface area contributed by atoms with Crippen molar-refractivity contribution in [2.75, 3.05) is 11.6 Å². The first kappa shape index (κ1) is 19.7. The lowest BCUT2D eigenvalue weighted by Gasteiger charge is -2.26. The number of carbonyl (C=O) groups is 2. The molecule has 0 unspecified atom stereocenters. The van der Waals surface area contributed by atoms with Crippen LogP contribution >= 0.6 is 0 Å². The minimum Gasteiger partial charge on any atom is -0.335 e. The van der Waals surface area contributed by atoms with Crippen molar-refractivity contribution in [2.24, 2.45) is 0 Å². The van der Waals surface area contributed by atoms with E-state index in [1.807, 2.05) is 60.7 Å². The molecule has 1 fully saturated rings. The maximum atomic E-state index is 12.4. The third kappa shape index (κ3) is 6.30. The lowest BCUT2D eigenvalue weighted by Crippen LogP contribution is -2.49. The van der Waals surface area contributed by atoms with E-state index in [9.17, 15) is 9.59 Å². The lowest BCUT2D eigenvalue weighted by atomic mass is 9.96. The van der Waals surface area contributed by atoms with Crippen LogP contribution in [0.1, 0.15) is 37.7 Å². The van der Waals surface area contributed by atoms with Gasteiger partial charge >= 0.3 is 6.03 Å². The fourth-order valence-corrected chi connectivity index (χ4v) is 3.40. The summed E-state index contributed by atoms with van der Waals surface area (Å²) < 4.78 is 0. The Kier molecular flexibility index (Phi) is 7.29. The Morgan fingerprint density at radius 2 is 1.54 bits per heavy atom. The Labute approximate surface area is 166 Å². The van der Waals surface area contributed by atoms with E-state index in [4.69, 9.17) is 0 Å². The van der Waals surface area contributed by atoms with Gasteiger partial charge in [0.15, 0.2) is 0 Å². The third-order valence-corrected chi connectivity index (χ3v) is 4.86. The average Bonchev–Trinajstić information content (AvgIpc) is 2.74. The van der Waals surface area contributed by atoms with E-state index in [0.29, 0.717) is 6.54 Å². The molecule has 6 nitrogen and oxygen atoms in total. The van der Waals surface area contributed by atoms with Crippen molar-refractivity contribution in [2.45, 2.75) is 44.7 Å². The van der Waals surface area contributed by atoms with E-state index in [1.54, 1.807) is 5.01 Å². The van der Waals surface area contributed by atoms with Crippen molar-refractivity contribution in [1.29, 1.82) is 0 Å². The summed E-state index contributed by atoms with van der Waals surface area (Å²) in [6, 6.07) is 19.5. The monoisotopic (exact) mass is 380 g/mol. The molecule has 1 saturated carbocycles. The summed E-state index contributed by atoms with van der Waals surface area (Å²) in [5.74, 6) is -0.265. The van der Waals surface area contributed by atoms with E-state index < -0.39 is 0 Å². The minimum atomic E-state index is -0.281. The highest BCUT2D eigenvalue weighted by molar-refractivity contribution is 5.85. The van der Waals surface area contributed by atoms with Crippen LogP contribution in [0.5, 0.6) is 0 Å². The molecule has 2 aromatic carbocycles.